The SMILES string of the molecule is C=C[C@@H]1C[C@]1(NC(=O)[C@@H]1C[C@@H](Oc2nc(Cl)cc3ccccc23)CN1)C(=O)CS(=O)(=O)C1CC1.Cl.Cl. The fourth-order valence-corrected chi connectivity index (χ4v) is 6.55. The van der Waals surface area contributed by atoms with Crippen LogP contribution in [0.15, 0.2) is 43.0 Å². The zero-order valence-corrected chi connectivity index (χ0v) is 22.5. The van der Waals surface area contributed by atoms with E-state index < -0.39 is 38.2 Å². The maximum absolute atomic E-state index is 13.0. The van der Waals surface area contributed by atoms with E-state index in [0.29, 0.717) is 43.3 Å². The average molecular weight is 577 g/mol. The van der Waals surface area contributed by atoms with Gasteiger partial charge in [0.05, 0.1) is 11.3 Å². The number of fused-ring (bicyclic) bond motifs is 1. The summed E-state index contributed by atoms with van der Waals surface area (Å²) < 4.78 is 30.8. The number of halogens is 3. The summed E-state index contributed by atoms with van der Waals surface area (Å²) in [6.07, 6.45) is 3.23. The third kappa shape index (κ3) is 5.65. The second-order valence-electron chi connectivity index (χ2n) is 9.34. The normalized spacial score (nSPS) is 26.9. The van der Waals surface area contributed by atoms with Gasteiger partial charge in [-0.1, -0.05) is 35.9 Å². The standard InChI is InChI=1S/C24H26ClN3O5S.2ClH/c1-2-15-11-24(15,20(29)13-34(31,32)17-7-8-17)28-22(30)19-10-16(12-26-19)33-23-18-6-4-3-5-14(18)9-21(25)27-23;;/h2-6,9,15-17,19,26H,1,7-8,10-13H2,(H,28,30);2*1H/t15-,16-,19+,24-;;/m1../s1. The van der Waals surface area contributed by atoms with E-state index in [9.17, 15) is 18.0 Å². The molecular weight excluding hydrogens is 549 g/mol. The molecule has 36 heavy (non-hydrogen) atoms. The largest absolute Gasteiger partial charge is 0.472 e. The number of nitrogens with zero attached hydrogens (tertiary/aromatic N) is 1. The van der Waals surface area contributed by atoms with Crippen molar-refractivity contribution < 1.29 is 22.7 Å². The van der Waals surface area contributed by atoms with Crippen molar-refractivity contribution >= 4 is 68.7 Å². The Kier molecular flexibility index (Phi) is 8.62. The number of ether oxygens (including phenoxy) is 1. The number of carbonyl (C=O) groups excluding carboxylic acids is 2. The second kappa shape index (κ2) is 10.8. The first-order valence-corrected chi connectivity index (χ1v) is 13.5. The number of amides is 1. The number of aromatic nitrogens is 1. The van der Waals surface area contributed by atoms with Gasteiger partial charge < -0.3 is 15.4 Å². The summed E-state index contributed by atoms with van der Waals surface area (Å²) in [6, 6.07) is 8.80. The van der Waals surface area contributed by atoms with E-state index in [0.717, 1.165) is 10.8 Å². The molecule has 2 aliphatic carbocycles. The summed E-state index contributed by atoms with van der Waals surface area (Å²) in [5, 5.41) is 7.60. The molecule has 4 atom stereocenters. The quantitative estimate of drug-likeness (QED) is 0.348. The molecule has 0 unspecified atom stereocenters. The maximum atomic E-state index is 13.0. The summed E-state index contributed by atoms with van der Waals surface area (Å²) in [7, 11) is -3.47. The van der Waals surface area contributed by atoms with Crippen LogP contribution in [-0.4, -0.2) is 60.3 Å². The molecule has 1 amide bonds. The van der Waals surface area contributed by atoms with Crippen molar-refractivity contribution in [3.05, 3.63) is 48.1 Å². The van der Waals surface area contributed by atoms with Gasteiger partial charge in [-0.2, -0.15) is 0 Å². The third-order valence-corrected chi connectivity index (χ3v) is 9.21. The number of sulfone groups is 1. The van der Waals surface area contributed by atoms with E-state index in [1.54, 1.807) is 12.1 Å². The number of rotatable bonds is 9. The van der Waals surface area contributed by atoms with Gasteiger partial charge in [0.25, 0.3) is 0 Å². The van der Waals surface area contributed by atoms with Gasteiger partial charge in [-0.3, -0.25) is 9.59 Å². The Morgan fingerprint density at radius 1 is 1.28 bits per heavy atom. The van der Waals surface area contributed by atoms with Gasteiger partial charge in [-0.15, -0.1) is 31.4 Å². The van der Waals surface area contributed by atoms with Crippen LogP contribution in [0.4, 0.5) is 0 Å². The van der Waals surface area contributed by atoms with Crippen molar-refractivity contribution in [2.24, 2.45) is 5.92 Å². The number of pyridine rings is 1. The van der Waals surface area contributed by atoms with E-state index in [1.807, 2.05) is 24.3 Å². The molecule has 0 spiro atoms. The van der Waals surface area contributed by atoms with Crippen molar-refractivity contribution in [1.29, 1.82) is 0 Å². The molecule has 196 valence electrons. The van der Waals surface area contributed by atoms with Gasteiger partial charge in [-0.05, 0) is 36.8 Å². The first-order valence-electron chi connectivity index (χ1n) is 11.4. The van der Waals surface area contributed by atoms with Gasteiger partial charge in [-0.25, -0.2) is 13.4 Å². The van der Waals surface area contributed by atoms with Crippen LogP contribution < -0.4 is 15.4 Å². The van der Waals surface area contributed by atoms with Crippen LogP contribution in [0.1, 0.15) is 25.7 Å². The smallest absolute Gasteiger partial charge is 0.238 e. The van der Waals surface area contributed by atoms with E-state index >= 15 is 0 Å². The van der Waals surface area contributed by atoms with Crippen LogP contribution in [-0.2, 0) is 19.4 Å². The van der Waals surface area contributed by atoms with Crippen LogP contribution >= 0.6 is 36.4 Å². The fourth-order valence-electron chi connectivity index (χ4n) is 4.65. The first kappa shape index (κ1) is 28.7. The van der Waals surface area contributed by atoms with Crippen molar-refractivity contribution in [1.82, 2.24) is 15.6 Å². The Bertz CT molecular complexity index is 1290. The number of benzene rings is 1. The van der Waals surface area contributed by atoms with Crippen LogP contribution in [0.2, 0.25) is 5.15 Å². The molecular formula is C24H28Cl3N3O5S. The highest BCUT2D eigenvalue weighted by atomic mass is 35.5. The average Bonchev–Trinajstić information content (AvgIpc) is 3.71. The summed E-state index contributed by atoms with van der Waals surface area (Å²) in [6.45, 7) is 4.15. The van der Waals surface area contributed by atoms with Crippen molar-refractivity contribution in [2.75, 3.05) is 12.3 Å². The number of hydrogen-bond acceptors (Lipinski definition) is 7. The molecule has 2 heterocycles. The number of hydrogen-bond donors (Lipinski definition) is 2. The maximum Gasteiger partial charge on any atom is 0.238 e. The molecule has 1 aromatic carbocycles. The third-order valence-electron chi connectivity index (χ3n) is 6.87. The minimum atomic E-state index is -3.47. The molecule has 12 heteroatoms. The monoisotopic (exact) mass is 575 g/mol. The van der Waals surface area contributed by atoms with Gasteiger partial charge in [0, 0.05) is 24.3 Å². The Morgan fingerprint density at radius 3 is 2.67 bits per heavy atom. The van der Waals surface area contributed by atoms with Crippen LogP contribution in [0.5, 0.6) is 5.88 Å². The highest BCUT2D eigenvalue weighted by Crippen LogP contribution is 2.46. The minimum absolute atomic E-state index is 0. The van der Waals surface area contributed by atoms with Gasteiger partial charge in [0.2, 0.25) is 11.8 Å². The summed E-state index contributed by atoms with van der Waals surface area (Å²) in [5.41, 5.74) is -1.19. The van der Waals surface area contributed by atoms with Gasteiger partial charge >= 0.3 is 0 Å². The Morgan fingerprint density at radius 2 is 2.00 bits per heavy atom. The lowest BCUT2D eigenvalue weighted by atomic mass is 10.1. The minimum Gasteiger partial charge on any atom is -0.472 e. The first-order chi connectivity index (χ1) is 16.2. The molecule has 1 aliphatic heterocycles. The number of ketones is 1. The van der Waals surface area contributed by atoms with Crippen molar-refractivity contribution in [3.8, 4) is 5.88 Å². The number of Topliss-reactive ketones (excluding diaryl/α,β-unsaturated/α-hetero) is 1. The van der Waals surface area contributed by atoms with Crippen LogP contribution in [0, 0.1) is 5.92 Å². The van der Waals surface area contributed by atoms with E-state index in [2.05, 4.69) is 22.2 Å². The van der Waals surface area contributed by atoms with Crippen LogP contribution in [0.3, 0.4) is 0 Å². The molecule has 2 saturated carbocycles. The summed E-state index contributed by atoms with van der Waals surface area (Å²) in [5.74, 6) is -1.22. The van der Waals surface area contributed by atoms with E-state index in [1.165, 1.54) is 0 Å². The van der Waals surface area contributed by atoms with Crippen molar-refractivity contribution in [3.63, 3.8) is 0 Å². The topological polar surface area (TPSA) is 114 Å². The second-order valence-corrected chi connectivity index (χ2v) is 12.0. The molecule has 2 N–H and O–H groups in total. The molecule has 5 rings (SSSR count). The van der Waals surface area contributed by atoms with E-state index in [-0.39, 0.29) is 42.7 Å². The Labute approximate surface area is 227 Å². The molecule has 8 nitrogen and oxygen atoms in total. The molecule has 1 saturated heterocycles. The zero-order valence-electron chi connectivity index (χ0n) is 19.3. The predicted molar refractivity (Wildman–Crippen MR) is 143 cm³/mol. The zero-order chi connectivity index (χ0) is 24.1. The van der Waals surface area contributed by atoms with Crippen LogP contribution in [0.25, 0.3) is 10.8 Å². The predicted octanol–water partition coefficient (Wildman–Crippen LogP) is 3.05. The van der Waals surface area contributed by atoms with E-state index in [4.69, 9.17) is 16.3 Å². The van der Waals surface area contributed by atoms with Gasteiger partial charge in [0.15, 0.2) is 15.6 Å². The van der Waals surface area contributed by atoms with Crippen molar-refractivity contribution in [2.45, 2.75) is 48.6 Å². The number of nitrogens with one attached hydrogen (secondary N) is 2. The van der Waals surface area contributed by atoms with Gasteiger partial charge in [0.1, 0.15) is 22.5 Å². The Balaban J connectivity index is 0.00000180. The lowest BCUT2D eigenvalue weighted by Gasteiger charge is -2.20. The highest BCUT2D eigenvalue weighted by Gasteiger charge is 2.60. The molecule has 3 aliphatic rings. The fraction of sp³-hybridized carbons (Fsp3) is 0.458. The molecule has 1 aromatic heterocycles. The summed E-state index contributed by atoms with van der Waals surface area (Å²) >= 11 is 6.14. The Hall–Kier alpha value is -1.91. The molecule has 0 bridgehead atoms. The highest BCUT2D eigenvalue weighted by molar-refractivity contribution is 7.93. The summed E-state index contributed by atoms with van der Waals surface area (Å²) in [4.78, 5) is 30.3. The molecule has 0 radical (unpaired) electrons. The lowest BCUT2D eigenvalue weighted by molar-refractivity contribution is -0.129. The molecule has 2 aromatic rings. The lowest BCUT2D eigenvalue weighted by Crippen LogP contribution is -2.52. The number of carbonyl (C=O) groups is 2. The molecule has 3 fully saturated rings.